The molecule has 0 spiro atoms. The van der Waals surface area contributed by atoms with Gasteiger partial charge in [-0.25, -0.2) is 0 Å². The summed E-state index contributed by atoms with van der Waals surface area (Å²) in [4.78, 5) is 80.2. The van der Waals surface area contributed by atoms with Gasteiger partial charge in [-0.1, -0.05) is 70.5 Å². The van der Waals surface area contributed by atoms with Crippen molar-refractivity contribution in [3.63, 3.8) is 0 Å². The van der Waals surface area contributed by atoms with Gasteiger partial charge in [0.1, 0.15) is 24.2 Å². The predicted octanol–water partition coefficient (Wildman–Crippen LogP) is 2.82. The lowest BCUT2D eigenvalue weighted by Gasteiger charge is -2.64. The zero-order valence-electron chi connectivity index (χ0n) is 38.5. The SMILES string of the molecule is CCCCc1ccc(-c2ccc(C(=O)N[C@@H](CCCCN)C(=O)N[C@H](C(=O)N[C@@H](CC)C(=O)N[C@@H](CC(N)=O)C(=O)N[C@@H](C)B3OC4C[C@@H]5C[C@@H](C5(C)C)[C@]4(C)O3)[C@@H](C)O)cc2)cc1. The van der Waals surface area contributed by atoms with Crippen LogP contribution < -0.4 is 38.1 Å². The van der Waals surface area contributed by atoms with Gasteiger partial charge in [0.2, 0.25) is 29.5 Å². The summed E-state index contributed by atoms with van der Waals surface area (Å²) in [5.41, 5.74) is 14.3. The first kappa shape index (κ1) is 50.2. The first-order chi connectivity index (χ1) is 30.3. The van der Waals surface area contributed by atoms with Gasteiger partial charge in [0.05, 0.1) is 30.2 Å². The zero-order valence-corrected chi connectivity index (χ0v) is 38.5. The van der Waals surface area contributed by atoms with Crippen LogP contribution >= 0.6 is 0 Å². The van der Waals surface area contributed by atoms with Crippen LogP contribution in [0.1, 0.15) is 122 Å². The second kappa shape index (κ2) is 21.9. The first-order valence-corrected chi connectivity index (χ1v) is 23.0. The zero-order chi connectivity index (χ0) is 46.9. The molecule has 4 fully saturated rings. The molecule has 2 bridgehead atoms. The summed E-state index contributed by atoms with van der Waals surface area (Å²) in [6.07, 6.45) is 4.42. The van der Waals surface area contributed by atoms with Gasteiger partial charge in [-0.05, 0) is 125 Å². The Morgan fingerprint density at radius 3 is 1.97 bits per heavy atom. The summed E-state index contributed by atoms with van der Waals surface area (Å²) >= 11 is 0. The third kappa shape index (κ3) is 11.9. The first-order valence-electron chi connectivity index (χ1n) is 23.0. The molecule has 16 nitrogen and oxygen atoms in total. The molecule has 1 unspecified atom stereocenters. The lowest BCUT2D eigenvalue weighted by Crippen LogP contribution is -2.65. The highest BCUT2D eigenvalue weighted by molar-refractivity contribution is 6.47. The van der Waals surface area contributed by atoms with E-state index in [1.54, 1.807) is 26.0 Å². The second-order valence-electron chi connectivity index (χ2n) is 18.8. The normalized spacial score (nSPS) is 23.5. The number of hydrogen-bond acceptors (Lipinski definition) is 10. The maximum absolute atomic E-state index is 13.8. The molecular formula is C47H70BN7O9. The van der Waals surface area contributed by atoms with Crippen LogP contribution in [-0.2, 0) is 39.7 Å². The Labute approximate surface area is 378 Å². The maximum Gasteiger partial charge on any atom is 0.481 e. The van der Waals surface area contributed by atoms with Gasteiger partial charge in [0.25, 0.3) is 5.91 Å². The number of primary amides is 1. The summed E-state index contributed by atoms with van der Waals surface area (Å²) in [5, 5.41) is 23.9. The molecule has 17 heteroatoms. The summed E-state index contributed by atoms with van der Waals surface area (Å²) < 4.78 is 12.8. The molecule has 4 aliphatic rings. The van der Waals surface area contributed by atoms with Crippen molar-refractivity contribution >= 4 is 42.6 Å². The second-order valence-corrected chi connectivity index (χ2v) is 18.8. The van der Waals surface area contributed by atoms with E-state index in [0.717, 1.165) is 43.2 Å². The monoisotopic (exact) mass is 888 g/mol. The molecule has 2 aromatic carbocycles. The van der Waals surface area contributed by atoms with Crippen LogP contribution in [0.5, 0.6) is 0 Å². The molecule has 2 aromatic rings. The topological polar surface area (TPSA) is 253 Å². The number of unbranched alkanes of at least 4 members (excludes halogenated alkanes) is 2. The van der Waals surface area contributed by atoms with E-state index in [0.29, 0.717) is 36.8 Å². The number of carbonyl (C=O) groups is 6. The number of hydrogen-bond donors (Lipinski definition) is 8. The number of aryl methyl sites for hydroxylation is 1. The minimum atomic E-state index is -1.53. The van der Waals surface area contributed by atoms with Gasteiger partial charge in [-0.2, -0.15) is 0 Å². The lowest BCUT2D eigenvalue weighted by atomic mass is 9.43. The van der Waals surface area contributed by atoms with Crippen molar-refractivity contribution in [3.8, 4) is 11.1 Å². The van der Waals surface area contributed by atoms with Crippen molar-refractivity contribution in [2.45, 2.75) is 161 Å². The Kier molecular flexibility index (Phi) is 17.2. The molecular weight excluding hydrogens is 817 g/mol. The molecule has 1 saturated heterocycles. The van der Waals surface area contributed by atoms with Crippen molar-refractivity contribution in [2.75, 3.05) is 6.54 Å². The van der Waals surface area contributed by atoms with E-state index in [1.165, 1.54) is 12.5 Å². The van der Waals surface area contributed by atoms with Gasteiger partial charge < -0.3 is 52.5 Å². The fourth-order valence-corrected chi connectivity index (χ4v) is 9.53. The molecule has 3 saturated carbocycles. The van der Waals surface area contributed by atoms with Gasteiger partial charge in [0, 0.05) is 5.56 Å². The highest BCUT2D eigenvalue weighted by Gasteiger charge is 2.68. The Morgan fingerprint density at radius 1 is 0.781 bits per heavy atom. The van der Waals surface area contributed by atoms with Crippen LogP contribution in [0.4, 0.5) is 0 Å². The van der Waals surface area contributed by atoms with Gasteiger partial charge in [-0.3, -0.25) is 28.8 Å². The average molecular weight is 888 g/mol. The van der Waals surface area contributed by atoms with Gasteiger partial charge >= 0.3 is 7.12 Å². The molecule has 1 aliphatic heterocycles. The molecule has 0 radical (unpaired) electrons. The molecule has 6 rings (SSSR count). The van der Waals surface area contributed by atoms with E-state index in [2.05, 4.69) is 78.5 Å². The van der Waals surface area contributed by atoms with E-state index in [-0.39, 0.29) is 24.4 Å². The maximum atomic E-state index is 13.8. The third-order valence-electron chi connectivity index (χ3n) is 13.7. The average Bonchev–Trinajstić information content (AvgIpc) is 3.63. The molecule has 3 aliphatic carbocycles. The summed E-state index contributed by atoms with van der Waals surface area (Å²) in [6, 6.07) is 10.1. The van der Waals surface area contributed by atoms with Crippen LogP contribution in [-0.4, -0.2) is 102 Å². The molecule has 10 N–H and O–H groups in total. The van der Waals surface area contributed by atoms with Crippen LogP contribution in [0.25, 0.3) is 11.1 Å². The van der Waals surface area contributed by atoms with Crippen LogP contribution in [0, 0.1) is 17.3 Å². The molecule has 64 heavy (non-hydrogen) atoms. The molecule has 0 aromatic heterocycles. The quantitative estimate of drug-likeness (QED) is 0.0599. The fourth-order valence-electron chi connectivity index (χ4n) is 9.53. The number of nitrogens with two attached hydrogens (primary N) is 2. The van der Waals surface area contributed by atoms with Crippen LogP contribution in [0.2, 0.25) is 0 Å². The molecule has 1 heterocycles. The molecule has 10 atom stereocenters. The van der Waals surface area contributed by atoms with Crippen molar-refractivity contribution in [1.82, 2.24) is 26.6 Å². The summed E-state index contributed by atoms with van der Waals surface area (Å²) in [5.74, 6) is -4.25. The van der Waals surface area contributed by atoms with E-state index >= 15 is 0 Å². The number of aliphatic hydroxyl groups is 1. The Balaban J connectivity index is 1.18. The van der Waals surface area contributed by atoms with Gasteiger partial charge in [0.15, 0.2) is 0 Å². The third-order valence-corrected chi connectivity index (χ3v) is 13.7. The van der Waals surface area contributed by atoms with Crippen molar-refractivity contribution in [3.05, 3.63) is 59.7 Å². The highest BCUT2D eigenvalue weighted by atomic mass is 16.7. The Morgan fingerprint density at radius 2 is 1.39 bits per heavy atom. The number of amides is 6. The van der Waals surface area contributed by atoms with Crippen molar-refractivity contribution < 1.29 is 43.2 Å². The summed E-state index contributed by atoms with van der Waals surface area (Å²) in [6.45, 7) is 13.7. The van der Waals surface area contributed by atoms with E-state index in [4.69, 9.17) is 20.8 Å². The number of carbonyl (C=O) groups excluding carboxylic acids is 6. The predicted molar refractivity (Wildman–Crippen MR) is 244 cm³/mol. The van der Waals surface area contributed by atoms with Gasteiger partial charge in [-0.15, -0.1) is 0 Å². The number of aliphatic hydroxyl groups excluding tert-OH is 1. The fraction of sp³-hybridized carbons (Fsp3) is 0.617. The van der Waals surface area contributed by atoms with Crippen LogP contribution in [0.15, 0.2) is 48.5 Å². The number of benzene rings is 2. The Bertz CT molecular complexity index is 1970. The lowest BCUT2D eigenvalue weighted by molar-refractivity contribution is -0.199. The molecule has 350 valence electrons. The number of rotatable bonds is 23. The molecule has 6 amide bonds. The van der Waals surface area contributed by atoms with Crippen molar-refractivity contribution in [1.29, 1.82) is 0 Å². The van der Waals surface area contributed by atoms with Crippen molar-refractivity contribution in [2.24, 2.45) is 28.7 Å². The van der Waals surface area contributed by atoms with Crippen LogP contribution in [0.3, 0.4) is 0 Å². The Hall–Kier alpha value is -4.84. The van der Waals surface area contributed by atoms with E-state index < -0.39 is 90.8 Å². The number of nitrogens with one attached hydrogen (secondary N) is 5. The van der Waals surface area contributed by atoms with E-state index in [1.807, 2.05) is 12.1 Å². The highest BCUT2D eigenvalue weighted by Crippen LogP contribution is 2.65. The minimum Gasteiger partial charge on any atom is -0.404 e. The smallest absolute Gasteiger partial charge is 0.404 e. The standard InChI is InChI=1S/C47H70BN7O9/c1-8-10-13-29-15-17-30(18-16-29)31-19-21-32(22-20-31)41(58)53-35(14-11-12-23-49)43(60)55-40(27(3)56)45(62)52-34(9-2)42(59)54-36(26-39(50)57)44(61)51-28(4)48-63-38-25-33-24-37(46(33,5)6)47(38,7)64-48/h15-22,27-28,33-38,40,56H,8-14,23-26,49H2,1-7H3,(H2,50,57)(H,51,61)(H,52,62)(H,53,58)(H,54,59)(H,55,60)/t27-,28+,33+,34+,35+,36+,37+,38?,40+,47+/m1/s1. The largest absolute Gasteiger partial charge is 0.481 e. The van der Waals surface area contributed by atoms with E-state index in [9.17, 15) is 33.9 Å². The minimum absolute atomic E-state index is 0.0441. The summed E-state index contributed by atoms with van der Waals surface area (Å²) in [7, 11) is -0.752.